The number of nitrogens with zero attached hydrogens (tertiary/aromatic N) is 1. The fraction of sp³-hybridized carbons (Fsp3) is 0.550. The molecule has 4 heteroatoms. The van der Waals surface area contributed by atoms with E-state index in [0.717, 1.165) is 47.3 Å². The van der Waals surface area contributed by atoms with Crippen LogP contribution in [-0.4, -0.2) is 23.1 Å². The van der Waals surface area contributed by atoms with Crippen molar-refractivity contribution in [2.24, 2.45) is 5.92 Å². The summed E-state index contributed by atoms with van der Waals surface area (Å²) in [4.78, 5) is 14.6. The maximum Gasteiger partial charge on any atom is 0.410 e. The number of benzene rings is 1. The quantitative estimate of drug-likeness (QED) is 0.568. The largest absolute Gasteiger partial charge is 0.442 e. The van der Waals surface area contributed by atoms with Gasteiger partial charge in [-0.05, 0) is 43.9 Å². The zero-order valence-corrected chi connectivity index (χ0v) is 16.1. The molecule has 2 unspecified atom stereocenters. The lowest BCUT2D eigenvalue weighted by Gasteiger charge is -2.43. The van der Waals surface area contributed by atoms with Gasteiger partial charge in [-0.25, -0.2) is 4.79 Å². The van der Waals surface area contributed by atoms with Gasteiger partial charge < -0.3 is 9.64 Å². The number of ether oxygens (including phenoxy) is 1. The highest BCUT2D eigenvalue weighted by Crippen LogP contribution is 2.44. The van der Waals surface area contributed by atoms with Crippen LogP contribution >= 0.6 is 15.9 Å². The number of carbonyl (C=O) groups excluding carboxylic acids is 1. The molecule has 0 spiro atoms. The Labute approximate surface area is 153 Å². The molecule has 1 saturated carbocycles. The molecule has 24 heavy (non-hydrogen) atoms. The first-order valence-corrected chi connectivity index (χ1v) is 9.57. The van der Waals surface area contributed by atoms with Crippen LogP contribution in [0.2, 0.25) is 0 Å². The monoisotopic (exact) mass is 391 g/mol. The van der Waals surface area contributed by atoms with E-state index in [0.29, 0.717) is 0 Å². The average molecular weight is 392 g/mol. The van der Waals surface area contributed by atoms with Gasteiger partial charge in [0.05, 0.1) is 6.04 Å². The second-order valence-corrected chi connectivity index (χ2v) is 8.42. The van der Waals surface area contributed by atoms with Gasteiger partial charge in [0.25, 0.3) is 0 Å². The highest BCUT2D eigenvalue weighted by atomic mass is 79.9. The Bertz CT molecular complexity index is 623. The van der Waals surface area contributed by atoms with Crippen molar-refractivity contribution in [1.29, 1.82) is 0 Å². The van der Waals surface area contributed by atoms with Gasteiger partial charge in [-0.1, -0.05) is 53.1 Å². The van der Waals surface area contributed by atoms with Crippen LogP contribution in [0.3, 0.4) is 0 Å². The molecule has 1 aromatic rings. The summed E-state index contributed by atoms with van der Waals surface area (Å²) < 4.78 is 7.08. The lowest BCUT2D eigenvalue weighted by Crippen LogP contribution is -2.50. The number of rotatable bonds is 6. The summed E-state index contributed by atoms with van der Waals surface area (Å²) in [5.41, 5.74) is 1.89. The van der Waals surface area contributed by atoms with Gasteiger partial charge in [-0.15, -0.1) is 0 Å². The van der Waals surface area contributed by atoms with Crippen LogP contribution in [-0.2, 0) is 4.74 Å². The topological polar surface area (TPSA) is 29.5 Å². The minimum atomic E-state index is -0.333. The molecule has 2 atom stereocenters. The number of amides is 1. The zero-order valence-electron chi connectivity index (χ0n) is 14.6. The van der Waals surface area contributed by atoms with Crippen LogP contribution in [0.15, 0.2) is 40.9 Å². The van der Waals surface area contributed by atoms with E-state index in [2.05, 4.69) is 41.6 Å². The summed E-state index contributed by atoms with van der Waals surface area (Å²) in [7, 11) is 0. The van der Waals surface area contributed by atoms with E-state index in [1.165, 1.54) is 12.8 Å². The van der Waals surface area contributed by atoms with Crippen molar-refractivity contribution in [2.75, 3.05) is 6.54 Å². The van der Waals surface area contributed by atoms with E-state index in [4.69, 9.17) is 4.74 Å². The molecule has 130 valence electrons. The lowest BCUT2D eigenvalue weighted by molar-refractivity contribution is -0.0632. The van der Waals surface area contributed by atoms with Gasteiger partial charge in [-0.3, -0.25) is 0 Å². The summed E-state index contributed by atoms with van der Waals surface area (Å²) >= 11 is 3.46. The standard InChI is InChI=1S/C20H26BrNO2/c1-14(2)12-20(13-16-4-5-16)10-11-22(19(23)24-20)15(3)17-6-8-18(21)9-7-17/h6-9,15-16H,1,4-5,10-13H2,2-3H3. The van der Waals surface area contributed by atoms with Gasteiger partial charge in [0.2, 0.25) is 0 Å². The van der Waals surface area contributed by atoms with E-state index >= 15 is 0 Å². The highest BCUT2D eigenvalue weighted by Gasteiger charge is 2.45. The number of hydrogen-bond acceptors (Lipinski definition) is 2. The SMILES string of the molecule is C=C(C)CC1(CC2CC2)CCN(C(C)c2ccc(Br)cc2)C(=O)O1. The molecule has 3 rings (SSSR count). The first kappa shape index (κ1) is 17.5. The Hall–Kier alpha value is -1.29. The molecular weight excluding hydrogens is 366 g/mol. The zero-order chi connectivity index (χ0) is 17.3. The predicted octanol–water partition coefficient (Wildman–Crippen LogP) is 5.86. The molecule has 1 saturated heterocycles. The lowest BCUT2D eigenvalue weighted by atomic mass is 9.85. The van der Waals surface area contributed by atoms with Crippen LogP contribution in [0.4, 0.5) is 4.79 Å². The fourth-order valence-electron chi connectivity index (χ4n) is 3.72. The van der Waals surface area contributed by atoms with E-state index < -0.39 is 0 Å². The second-order valence-electron chi connectivity index (χ2n) is 7.50. The fourth-order valence-corrected chi connectivity index (χ4v) is 3.99. The molecule has 0 radical (unpaired) electrons. The Morgan fingerprint density at radius 3 is 2.62 bits per heavy atom. The van der Waals surface area contributed by atoms with E-state index in [9.17, 15) is 4.79 Å². The molecule has 1 aromatic carbocycles. The first-order chi connectivity index (χ1) is 11.4. The summed E-state index contributed by atoms with van der Waals surface area (Å²) in [6, 6.07) is 8.16. The van der Waals surface area contributed by atoms with Gasteiger partial charge in [-0.2, -0.15) is 0 Å². The van der Waals surface area contributed by atoms with E-state index in [1.54, 1.807) is 0 Å². The molecule has 0 bridgehead atoms. The third kappa shape index (κ3) is 4.02. The van der Waals surface area contributed by atoms with Gasteiger partial charge >= 0.3 is 6.09 Å². The molecular formula is C20H26BrNO2. The molecule has 2 aliphatic rings. The second kappa shape index (κ2) is 6.91. The van der Waals surface area contributed by atoms with Crippen molar-refractivity contribution in [1.82, 2.24) is 4.90 Å². The number of cyclic esters (lactones) is 1. The number of carbonyl (C=O) groups is 1. The minimum Gasteiger partial charge on any atom is -0.442 e. The normalized spacial score (nSPS) is 25.3. The van der Waals surface area contributed by atoms with Crippen molar-refractivity contribution in [3.05, 3.63) is 46.5 Å². The Morgan fingerprint density at radius 2 is 2.08 bits per heavy atom. The highest BCUT2D eigenvalue weighted by molar-refractivity contribution is 9.10. The molecule has 1 aliphatic heterocycles. The molecule has 0 N–H and O–H groups in total. The van der Waals surface area contributed by atoms with Crippen LogP contribution in [0, 0.1) is 5.92 Å². The number of halogens is 1. The molecule has 0 aromatic heterocycles. The van der Waals surface area contributed by atoms with Gasteiger partial charge in [0, 0.05) is 23.9 Å². The predicted molar refractivity (Wildman–Crippen MR) is 99.9 cm³/mol. The minimum absolute atomic E-state index is 0.0225. The molecule has 1 heterocycles. The van der Waals surface area contributed by atoms with Gasteiger partial charge in [0.1, 0.15) is 5.60 Å². The Morgan fingerprint density at radius 1 is 1.42 bits per heavy atom. The summed E-state index contributed by atoms with van der Waals surface area (Å²) in [6.07, 6.45) is 5.03. The summed E-state index contributed by atoms with van der Waals surface area (Å²) in [5.74, 6) is 0.729. The van der Waals surface area contributed by atoms with Crippen molar-refractivity contribution in [3.63, 3.8) is 0 Å². The van der Waals surface area contributed by atoms with Crippen molar-refractivity contribution < 1.29 is 9.53 Å². The first-order valence-electron chi connectivity index (χ1n) is 8.78. The molecule has 2 fully saturated rings. The smallest absolute Gasteiger partial charge is 0.410 e. The Kier molecular flexibility index (Phi) is 5.05. The van der Waals surface area contributed by atoms with Crippen LogP contribution in [0.25, 0.3) is 0 Å². The maximum absolute atomic E-state index is 12.7. The maximum atomic E-state index is 12.7. The third-order valence-corrected chi connectivity index (χ3v) is 5.68. The third-order valence-electron chi connectivity index (χ3n) is 5.15. The average Bonchev–Trinajstić information content (AvgIpc) is 3.30. The molecule has 3 nitrogen and oxygen atoms in total. The summed E-state index contributed by atoms with van der Waals surface area (Å²) in [5, 5.41) is 0. The molecule has 1 amide bonds. The van der Waals surface area contributed by atoms with Crippen molar-refractivity contribution in [3.8, 4) is 0 Å². The van der Waals surface area contributed by atoms with Crippen molar-refractivity contribution in [2.45, 2.75) is 57.6 Å². The van der Waals surface area contributed by atoms with E-state index in [1.807, 2.05) is 24.0 Å². The van der Waals surface area contributed by atoms with Crippen LogP contribution in [0.5, 0.6) is 0 Å². The number of hydrogen-bond donors (Lipinski definition) is 0. The van der Waals surface area contributed by atoms with Crippen LogP contribution in [0.1, 0.15) is 57.6 Å². The van der Waals surface area contributed by atoms with Crippen LogP contribution < -0.4 is 0 Å². The molecule has 1 aliphatic carbocycles. The van der Waals surface area contributed by atoms with Crippen molar-refractivity contribution >= 4 is 22.0 Å². The van der Waals surface area contributed by atoms with E-state index in [-0.39, 0.29) is 17.7 Å². The van der Waals surface area contributed by atoms with Gasteiger partial charge in [0.15, 0.2) is 0 Å². The summed E-state index contributed by atoms with van der Waals surface area (Å²) in [6.45, 7) is 8.89. The Balaban J connectivity index is 1.72.